The van der Waals surface area contributed by atoms with Gasteiger partial charge < -0.3 is 4.57 Å². The zero-order valence-corrected chi connectivity index (χ0v) is 20.7. The van der Waals surface area contributed by atoms with Gasteiger partial charge in [-0.1, -0.05) is 23.7 Å². The number of aromatic nitrogens is 3. The van der Waals surface area contributed by atoms with E-state index in [2.05, 4.69) is 38.7 Å². The maximum Gasteiger partial charge on any atom is 0.211 e. The number of allylic oxidation sites excluding steroid dienone is 1. The van der Waals surface area contributed by atoms with Crippen LogP contribution in [0.25, 0.3) is 11.6 Å². The molecule has 1 fully saturated rings. The summed E-state index contributed by atoms with van der Waals surface area (Å²) in [5.41, 5.74) is 5.66. The van der Waals surface area contributed by atoms with Gasteiger partial charge in [-0.05, 0) is 59.4 Å². The van der Waals surface area contributed by atoms with E-state index in [0.29, 0.717) is 31.2 Å². The summed E-state index contributed by atoms with van der Waals surface area (Å²) in [6, 6.07) is 10.1. The minimum Gasteiger partial charge on any atom is -0.337 e. The van der Waals surface area contributed by atoms with Crippen molar-refractivity contribution in [3.8, 4) is 0 Å². The number of nitrogens with zero attached hydrogens (tertiary/aromatic N) is 5. The largest absolute Gasteiger partial charge is 0.337 e. The summed E-state index contributed by atoms with van der Waals surface area (Å²) in [7, 11) is -3.19. The highest BCUT2D eigenvalue weighted by Gasteiger charge is 2.34. The highest BCUT2D eigenvalue weighted by molar-refractivity contribution is 7.88. The molecule has 0 amide bonds. The second-order valence-corrected chi connectivity index (χ2v) is 11.3. The Labute approximate surface area is 205 Å². The molecule has 1 aliphatic carbocycles. The molecule has 1 aliphatic heterocycles. The number of piperazine rings is 1. The lowest BCUT2D eigenvalue weighted by atomic mass is 9.92. The second-order valence-electron chi connectivity index (χ2n) is 8.88. The van der Waals surface area contributed by atoms with E-state index >= 15 is 0 Å². The molecule has 34 heavy (non-hydrogen) atoms. The fourth-order valence-electron chi connectivity index (χ4n) is 4.98. The summed E-state index contributed by atoms with van der Waals surface area (Å²) in [5, 5.41) is 0.707. The molecule has 3 aromatic rings. The van der Waals surface area contributed by atoms with Crippen LogP contribution in [0.3, 0.4) is 0 Å². The van der Waals surface area contributed by atoms with Crippen LogP contribution in [0.2, 0.25) is 5.02 Å². The summed E-state index contributed by atoms with van der Waals surface area (Å²) < 4.78 is 27.8. The normalized spacial score (nSPS) is 19.2. The van der Waals surface area contributed by atoms with Gasteiger partial charge in [0.15, 0.2) is 0 Å². The standard InChI is InChI=1S/C25H28ClN5O2S/c1-34(32,33)31-14-12-30(13-15-31)25-22-7-6-21(26)17-23(22)19(5-3-10-29-11-9-27-18-29)16-20-4-2-8-28-24(20)25/h2,4,6-9,11,16-18,25H,3,5,10,12-15H2,1H3. The number of hydrogen-bond donors (Lipinski definition) is 0. The van der Waals surface area contributed by atoms with E-state index in [9.17, 15) is 8.42 Å². The Bertz CT molecular complexity index is 1300. The van der Waals surface area contributed by atoms with Gasteiger partial charge in [-0.25, -0.2) is 13.4 Å². The molecular formula is C25H28ClN5O2S. The van der Waals surface area contributed by atoms with Crippen LogP contribution in [0.1, 0.15) is 41.3 Å². The van der Waals surface area contributed by atoms with Crippen molar-refractivity contribution >= 4 is 33.3 Å². The lowest BCUT2D eigenvalue weighted by Crippen LogP contribution is -2.49. The number of aryl methyl sites for hydroxylation is 1. The summed E-state index contributed by atoms with van der Waals surface area (Å²) >= 11 is 6.48. The molecule has 5 rings (SSSR count). The van der Waals surface area contributed by atoms with E-state index in [-0.39, 0.29) is 6.04 Å². The minimum absolute atomic E-state index is 0.0624. The Morgan fingerprint density at radius 2 is 1.94 bits per heavy atom. The van der Waals surface area contributed by atoms with E-state index in [1.807, 2.05) is 30.9 Å². The van der Waals surface area contributed by atoms with Gasteiger partial charge in [-0.2, -0.15) is 4.31 Å². The Hall–Kier alpha value is -2.52. The second kappa shape index (κ2) is 9.62. The zero-order valence-electron chi connectivity index (χ0n) is 19.1. The number of imidazole rings is 1. The third-order valence-electron chi connectivity index (χ3n) is 6.64. The van der Waals surface area contributed by atoms with Crippen molar-refractivity contribution in [2.45, 2.75) is 25.4 Å². The molecule has 0 bridgehead atoms. The smallest absolute Gasteiger partial charge is 0.211 e. The monoisotopic (exact) mass is 497 g/mol. The van der Waals surface area contributed by atoms with Gasteiger partial charge in [0, 0.05) is 56.3 Å². The van der Waals surface area contributed by atoms with E-state index in [0.717, 1.165) is 36.2 Å². The summed E-state index contributed by atoms with van der Waals surface area (Å²) in [6.07, 6.45) is 12.9. The molecule has 0 spiro atoms. The van der Waals surface area contributed by atoms with Crippen molar-refractivity contribution in [2.75, 3.05) is 32.4 Å². The van der Waals surface area contributed by atoms with Gasteiger partial charge in [-0.3, -0.25) is 9.88 Å². The molecule has 9 heteroatoms. The van der Waals surface area contributed by atoms with Crippen LogP contribution in [0.15, 0.2) is 55.2 Å². The SMILES string of the molecule is CS(=O)(=O)N1CCN(C2c3ccc(Cl)cc3C(CCCn3ccnc3)=Cc3cccnc32)CC1. The van der Waals surface area contributed by atoms with Gasteiger partial charge in [0.25, 0.3) is 0 Å². The molecule has 7 nitrogen and oxygen atoms in total. The third kappa shape index (κ3) is 4.81. The molecule has 178 valence electrons. The first-order chi connectivity index (χ1) is 16.4. The molecule has 2 aromatic heterocycles. The molecular weight excluding hydrogens is 470 g/mol. The van der Waals surface area contributed by atoms with Gasteiger partial charge in [0.2, 0.25) is 10.0 Å². The van der Waals surface area contributed by atoms with E-state index < -0.39 is 10.0 Å². The van der Waals surface area contributed by atoms with E-state index in [4.69, 9.17) is 16.6 Å². The number of fused-ring (bicyclic) bond motifs is 2. The number of hydrogen-bond acceptors (Lipinski definition) is 5. The first kappa shape index (κ1) is 23.2. The molecule has 3 heterocycles. The van der Waals surface area contributed by atoms with E-state index in [1.54, 1.807) is 10.5 Å². The van der Waals surface area contributed by atoms with Crippen molar-refractivity contribution in [2.24, 2.45) is 0 Å². The minimum atomic E-state index is -3.19. The van der Waals surface area contributed by atoms with Crippen LogP contribution in [0, 0.1) is 0 Å². The summed E-state index contributed by atoms with van der Waals surface area (Å²) in [4.78, 5) is 11.3. The average Bonchev–Trinajstić information content (AvgIpc) is 3.29. The number of pyridine rings is 1. The Balaban J connectivity index is 1.50. The molecule has 1 atom stereocenters. The Morgan fingerprint density at radius 3 is 2.68 bits per heavy atom. The van der Waals surface area contributed by atoms with Crippen LogP contribution in [-0.2, 0) is 16.6 Å². The van der Waals surface area contributed by atoms with Crippen LogP contribution < -0.4 is 0 Å². The predicted molar refractivity (Wildman–Crippen MR) is 135 cm³/mol. The van der Waals surface area contributed by atoms with Gasteiger partial charge in [0.05, 0.1) is 24.3 Å². The van der Waals surface area contributed by atoms with Crippen molar-refractivity contribution in [3.63, 3.8) is 0 Å². The number of sulfonamides is 1. The third-order valence-corrected chi connectivity index (χ3v) is 8.18. The fourth-order valence-corrected chi connectivity index (χ4v) is 5.98. The molecule has 1 saturated heterocycles. The highest BCUT2D eigenvalue weighted by atomic mass is 35.5. The zero-order chi connectivity index (χ0) is 23.7. The van der Waals surface area contributed by atoms with Gasteiger partial charge in [0.1, 0.15) is 0 Å². The number of halogens is 1. The average molecular weight is 498 g/mol. The highest BCUT2D eigenvalue weighted by Crippen LogP contribution is 2.41. The molecule has 0 N–H and O–H groups in total. The maximum absolute atomic E-state index is 12.1. The molecule has 1 unspecified atom stereocenters. The van der Waals surface area contributed by atoms with Gasteiger partial charge >= 0.3 is 0 Å². The first-order valence-corrected chi connectivity index (χ1v) is 13.7. The number of rotatable bonds is 6. The Kier molecular flexibility index (Phi) is 6.57. The van der Waals surface area contributed by atoms with Crippen molar-refractivity contribution in [3.05, 3.63) is 82.7 Å². The summed E-state index contributed by atoms with van der Waals surface area (Å²) in [5.74, 6) is 0. The lowest BCUT2D eigenvalue weighted by molar-refractivity contribution is 0.154. The topological polar surface area (TPSA) is 71.3 Å². The van der Waals surface area contributed by atoms with E-state index in [1.165, 1.54) is 17.4 Å². The molecule has 2 aliphatic rings. The quantitative estimate of drug-likeness (QED) is 0.516. The van der Waals surface area contributed by atoms with Crippen molar-refractivity contribution < 1.29 is 8.42 Å². The summed E-state index contributed by atoms with van der Waals surface area (Å²) in [6.45, 7) is 3.14. The fraction of sp³-hybridized carbons (Fsp3) is 0.360. The number of benzene rings is 1. The van der Waals surface area contributed by atoms with Crippen molar-refractivity contribution in [1.29, 1.82) is 0 Å². The van der Waals surface area contributed by atoms with Crippen LogP contribution in [0.4, 0.5) is 0 Å². The van der Waals surface area contributed by atoms with Gasteiger partial charge in [-0.15, -0.1) is 0 Å². The van der Waals surface area contributed by atoms with Crippen LogP contribution >= 0.6 is 11.6 Å². The first-order valence-electron chi connectivity index (χ1n) is 11.5. The van der Waals surface area contributed by atoms with Crippen molar-refractivity contribution in [1.82, 2.24) is 23.7 Å². The lowest BCUT2D eigenvalue weighted by Gasteiger charge is -2.39. The van der Waals surface area contributed by atoms with Crippen LogP contribution in [0.5, 0.6) is 0 Å². The Morgan fingerprint density at radius 1 is 1.12 bits per heavy atom. The predicted octanol–water partition coefficient (Wildman–Crippen LogP) is 3.93. The van der Waals surface area contributed by atoms with Crippen LogP contribution in [-0.4, -0.2) is 64.6 Å². The molecule has 0 saturated carbocycles. The molecule has 1 aromatic carbocycles. The molecule has 0 radical (unpaired) electrons. The maximum atomic E-state index is 12.1.